The summed E-state index contributed by atoms with van der Waals surface area (Å²) < 4.78 is 0. The van der Waals surface area contributed by atoms with Gasteiger partial charge in [-0.05, 0) is 44.4 Å². The Morgan fingerprint density at radius 1 is 1.20 bits per heavy atom. The van der Waals surface area contributed by atoms with E-state index in [0.29, 0.717) is 11.5 Å². The molecule has 20 heavy (non-hydrogen) atoms. The zero-order valence-electron chi connectivity index (χ0n) is 13.2. The molecule has 0 bridgehead atoms. The molecule has 1 N–H and O–H groups in total. The molecule has 0 aliphatic heterocycles. The number of carbonyl (C=O) groups is 1. The van der Waals surface area contributed by atoms with Gasteiger partial charge < -0.3 is 9.94 Å². The van der Waals surface area contributed by atoms with Crippen molar-refractivity contribution in [2.45, 2.75) is 46.2 Å². The standard InChI is InChI=1S/C16H25NO3/c1-11(2)14(17(20-6)16(3,4)5)12-7-9-13(10-8-12)15(18)19/h7-11,14H,1-6H3,(H,18,19). The number of hydrogen-bond donors (Lipinski definition) is 1. The van der Waals surface area contributed by atoms with Crippen LogP contribution in [0.15, 0.2) is 24.3 Å². The summed E-state index contributed by atoms with van der Waals surface area (Å²) in [5, 5.41) is 10.9. The van der Waals surface area contributed by atoms with Crippen molar-refractivity contribution < 1.29 is 14.7 Å². The molecule has 0 amide bonds. The zero-order chi connectivity index (χ0) is 15.5. The average Bonchev–Trinajstić information content (AvgIpc) is 2.33. The van der Waals surface area contributed by atoms with Crippen LogP contribution in [-0.4, -0.2) is 28.8 Å². The number of benzene rings is 1. The minimum absolute atomic E-state index is 0.0721. The molecule has 1 aromatic carbocycles. The fourth-order valence-electron chi connectivity index (χ4n) is 2.42. The lowest BCUT2D eigenvalue weighted by Crippen LogP contribution is -2.44. The number of carboxylic acid groups (broad SMARTS) is 1. The number of rotatable bonds is 5. The van der Waals surface area contributed by atoms with E-state index >= 15 is 0 Å². The van der Waals surface area contributed by atoms with Gasteiger partial charge in [0.05, 0.1) is 18.7 Å². The predicted molar refractivity (Wildman–Crippen MR) is 79.6 cm³/mol. The van der Waals surface area contributed by atoms with Gasteiger partial charge in [-0.1, -0.05) is 26.0 Å². The van der Waals surface area contributed by atoms with Crippen molar-refractivity contribution in [2.75, 3.05) is 7.11 Å². The van der Waals surface area contributed by atoms with Crippen molar-refractivity contribution in [3.05, 3.63) is 35.4 Å². The number of nitrogens with zero attached hydrogens (tertiary/aromatic N) is 1. The Hall–Kier alpha value is -1.39. The number of aromatic carboxylic acids is 1. The SMILES string of the molecule is CON(C(c1ccc(C(=O)O)cc1)C(C)C)C(C)(C)C. The van der Waals surface area contributed by atoms with E-state index in [2.05, 4.69) is 34.6 Å². The van der Waals surface area contributed by atoms with Crippen molar-refractivity contribution in [3.8, 4) is 0 Å². The van der Waals surface area contributed by atoms with Gasteiger partial charge in [0, 0.05) is 5.54 Å². The van der Waals surface area contributed by atoms with Gasteiger partial charge >= 0.3 is 5.97 Å². The Morgan fingerprint density at radius 2 is 1.70 bits per heavy atom. The molecule has 0 saturated carbocycles. The van der Waals surface area contributed by atoms with Crippen LogP contribution >= 0.6 is 0 Å². The largest absolute Gasteiger partial charge is 0.478 e. The first kappa shape index (κ1) is 16.7. The van der Waals surface area contributed by atoms with Gasteiger partial charge in [0.25, 0.3) is 0 Å². The smallest absolute Gasteiger partial charge is 0.335 e. The fourth-order valence-corrected chi connectivity index (χ4v) is 2.42. The first-order chi connectivity index (χ1) is 9.18. The Balaban J connectivity index is 3.16. The topological polar surface area (TPSA) is 49.8 Å². The minimum Gasteiger partial charge on any atom is -0.478 e. The van der Waals surface area contributed by atoms with Crippen molar-refractivity contribution in [2.24, 2.45) is 5.92 Å². The third-order valence-corrected chi connectivity index (χ3v) is 3.24. The maximum absolute atomic E-state index is 10.9. The van der Waals surface area contributed by atoms with Gasteiger partial charge in [0.2, 0.25) is 0 Å². The summed E-state index contributed by atoms with van der Waals surface area (Å²) in [6.45, 7) is 10.5. The van der Waals surface area contributed by atoms with E-state index in [4.69, 9.17) is 9.94 Å². The molecule has 0 fully saturated rings. The van der Waals surface area contributed by atoms with Gasteiger partial charge in [-0.2, -0.15) is 5.06 Å². The van der Waals surface area contributed by atoms with Gasteiger partial charge in [-0.25, -0.2) is 4.79 Å². The first-order valence-corrected chi connectivity index (χ1v) is 6.85. The van der Waals surface area contributed by atoms with Gasteiger partial charge in [0.15, 0.2) is 0 Å². The summed E-state index contributed by atoms with van der Waals surface area (Å²) in [4.78, 5) is 16.5. The zero-order valence-corrected chi connectivity index (χ0v) is 13.2. The van der Waals surface area contributed by atoms with E-state index in [9.17, 15) is 4.79 Å². The average molecular weight is 279 g/mol. The quantitative estimate of drug-likeness (QED) is 0.834. The number of hydrogen-bond acceptors (Lipinski definition) is 3. The predicted octanol–water partition coefficient (Wildman–Crippen LogP) is 3.74. The van der Waals surface area contributed by atoms with Crippen molar-refractivity contribution in [1.29, 1.82) is 0 Å². The van der Waals surface area contributed by atoms with Crippen LogP contribution in [0.3, 0.4) is 0 Å². The third-order valence-electron chi connectivity index (χ3n) is 3.24. The van der Waals surface area contributed by atoms with Gasteiger partial charge in [0.1, 0.15) is 0 Å². The monoisotopic (exact) mass is 279 g/mol. The Labute approximate surface area is 121 Å². The Morgan fingerprint density at radius 3 is 2.00 bits per heavy atom. The lowest BCUT2D eigenvalue weighted by Gasteiger charge is -2.41. The summed E-state index contributed by atoms with van der Waals surface area (Å²) in [5.74, 6) is -0.568. The molecule has 1 rings (SSSR count). The Bertz CT molecular complexity index is 446. The minimum atomic E-state index is -0.905. The van der Waals surface area contributed by atoms with Gasteiger partial charge in [-0.3, -0.25) is 0 Å². The van der Waals surface area contributed by atoms with Crippen LogP contribution in [0.1, 0.15) is 56.6 Å². The van der Waals surface area contributed by atoms with E-state index in [1.807, 2.05) is 17.2 Å². The molecule has 0 aliphatic carbocycles. The molecule has 112 valence electrons. The van der Waals surface area contributed by atoms with Crippen molar-refractivity contribution in [1.82, 2.24) is 5.06 Å². The molecular weight excluding hydrogens is 254 g/mol. The summed E-state index contributed by atoms with van der Waals surface area (Å²) >= 11 is 0. The summed E-state index contributed by atoms with van der Waals surface area (Å²) in [7, 11) is 1.67. The second kappa shape index (κ2) is 6.37. The molecule has 0 spiro atoms. The second-order valence-electron chi connectivity index (χ2n) is 6.30. The number of hydroxylamine groups is 2. The highest BCUT2D eigenvalue weighted by molar-refractivity contribution is 5.87. The lowest BCUT2D eigenvalue weighted by atomic mass is 9.92. The van der Waals surface area contributed by atoms with E-state index in [1.165, 1.54) is 0 Å². The molecule has 0 aromatic heterocycles. The summed E-state index contributed by atoms with van der Waals surface area (Å²) in [5.41, 5.74) is 1.22. The van der Waals surface area contributed by atoms with Crippen LogP contribution in [0, 0.1) is 5.92 Å². The number of carboxylic acids is 1. The maximum atomic E-state index is 10.9. The highest BCUT2D eigenvalue weighted by Crippen LogP contribution is 2.34. The second-order valence-corrected chi connectivity index (χ2v) is 6.30. The van der Waals surface area contributed by atoms with Crippen LogP contribution in [-0.2, 0) is 4.84 Å². The summed E-state index contributed by atoms with van der Waals surface area (Å²) in [6, 6.07) is 7.09. The normalized spacial score (nSPS) is 13.8. The van der Waals surface area contributed by atoms with Crippen molar-refractivity contribution in [3.63, 3.8) is 0 Å². The van der Waals surface area contributed by atoms with E-state index in [1.54, 1.807) is 19.2 Å². The molecule has 0 heterocycles. The molecule has 4 heteroatoms. The fraction of sp³-hybridized carbons (Fsp3) is 0.562. The van der Waals surface area contributed by atoms with Crippen LogP contribution in [0.5, 0.6) is 0 Å². The lowest BCUT2D eigenvalue weighted by molar-refractivity contribution is -0.225. The van der Waals surface area contributed by atoms with Crippen LogP contribution in [0.2, 0.25) is 0 Å². The van der Waals surface area contributed by atoms with E-state index in [-0.39, 0.29) is 11.6 Å². The maximum Gasteiger partial charge on any atom is 0.335 e. The third kappa shape index (κ3) is 3.81. The molecular formula is C16H25NO3. The van der Waals surface area contributed by atoms with Crippen LogP contribution in [0.4, 0.5) is 0 Å². The van der Waals surface area contributed by atoms with Crippen LogP contribution < -0.4 is 0 Å². The van der Waals surface area contributed by atoms with Gasteiger partial charge in [-0.15, -0.1) is 0 Å². The Kier molecular flexibility index (Phi) is 5.31. The first-order valence-electron chi connectivity index (χ1n) is 6.85. The molecule has 1 aromatic rings. The highest BCUT2D eigenvalue weighted by atomic mass is 16.7. The van der Waals surface area contributed by atoms with E-state index < -0.39 is 5.97 Å². The molecule has 4 nitrogen and oxygen atoms in total. The molecule has 0 aliphatic rings. The van der Waals surface area contributed by atoms with Crippen molar-refractivity contribution >= 4 is 5.97 Å². The molecule has 0 radical (unpaired) electrons. The molecule has 1 unspecified atom stereocenters. The van der Waals surface area contributed by atoms with E-state index in [0.717, 1.165) is 5.56 Å². The molecule has 1 atom stereocenters. The highest BCUT2D eigenvalue weighted by Gasteiger charge is 2.32. The summed E-state index contributed by atoms with van der Waals surface area (Å²) in [6.07, 6.45) is 0. The van der Waals surface area contributed by atoms with Crippen LogP contribution in [0.25, 0.3) is 0 Å². The molecule has 0 saturated heterocycles.